The second kappa shape index (κ2) is 10.1. The van der Waals surface area contributed by atoms with Gasteiger partial charge in [0.1, 0.15) is 18.0 Å². The van der Waals surface area contributed by atoms with Crippen LogP contribution in [0.25, 0.3) is 16.6 Å². The van der Waals surface area contributed by atoms with Gasteiger partial charge in [-0.1, -0.05) is 18.2 Å². The first-order valence-electron chi connectivity index (χ1n) is 13.0. The number of hydrogen-bond donors (Lipinski definition) is 0. The summed E-state index contributed by atoms with van der Waals surface area (Å²) in [7, 11) is 0. The summed E-state index contributed by atoms with van der Waals surface area (Å²) in [4.78, 5) is 34.3. The van der Waals surface area contributed by atoms with Crippen LogP contribution in [-0.2, 0) is 9.53 Å². The molecule has 194 valence electrons. The fourth-order valence-corrected chi connectivity index (χ4v) is 5.73. The number of carbonyl (C=O) groups excluding carboxylic acids is 2. The van der Waals surface area contributed by atoms with Crippen LogP contribution < -0.4 is 4.90 Å². The van der Waals surface area contributed by atoms with E-state index in [4.69, 9.17) is 4.74 Å². The number of halogens is 1. The van der Waals surface area contributed by atoms with Crippen molar-refractivity contribution in [3.63, 3.8) is 0 Å². The molecule has 4 heterocycles. The van der Waals surface area contributed by atoms with E-state index in [-0.39, 0.29) is 30.3 Å². The summed E-state index contributed by atoms with van der Waals surface area (Å²) in [6.07, 6.45) is 3.66. The van der Waals surface area contributed by atoms with E-state index in [1.165, 1.54) is 6.07 Å². The largest absolute Gasteiger partial charge is 0.379 e. The number of benzene rings is 2. The zero-order valence-corrected chi connectivity index (χ0v) is 20.8. The van der Waals surface area contributed by atoms with Crippen molar-refractivity contribution in [2.75, 3.05) is 63.9 Å². The van der Waals surface area contributed by atoms with Crippen LogP contribution in [0.4, 0.5) is 14.9 Å². The minimum Gasteiger partial charge on any atom is -0.379 e. The highest BCUT2D eigenvalue weighted by molar-refractivity contribution is 6.04. The molecule has 6 rings (SSSR count). The molecule has 9 nitrogen and oxygen atoms in total. The Morgan fingerprint density at radius 1 is 1.00 bits per heavy atom. The van der Waals surface area contributed by atoms with Gasteiger partial charge in [-0.25, -0.2) is 13.9 Å². The molecule has 3 fully saturated rings. The van der Waals surface area contributed by atoms with E-state index in [0.29, 0.717) is 30.0 Å². The van der Waals surface area contributed by atoms with E-state index in [1.807, 2.05) is 23.1 Å². The molecular formula is C27H31FN6O3. The van der Waals surface area contributed by atoms with Gasteiger partial charge in [0.15, 0.2) is 0 Å². The number of aromatic nitrogens is 2. The van der Waals surface area contributed by atoms with Crippen molar-refractivity contribution in [3.05, 3.63) is 54.5 Å². The van der Waals surface area contributed by atoms with Gasteiger partial charge in [-0.05, 0) is 37.1 Å². The molecule has 0 bridgehead atoms. The number of urea groups is 1. The second-order valence-electron chi connectivity index (χ2n) is 9.87. The average Bonchev–Trinajstić information content (AvgIpc) is 3.64. The maximum absolute atomic E-state index is 14.4. The van der Waals surface area contributed by atoms with Gasteiger partial charge in [0, 0.05) is 50.7 Å². The van der Waals surface area contributed by atoms with Crippen LogP contribution in [0.2, 0.25) is 0 Å². The lowest BCUT2D eigenvalue weighted by Gasteiger charge is -2.33. The number of fused-ring (bicyclic) bond motifs is 1. The maximum Gasteiger partial charge on any atom is 0.325 e. The number of amides is 3. The zero-order chi connectivity index (χ0) is 25.4. The first-order valence-corrected chi connectivity index (χ1v) is 13.0. The van der Waals surface area contributed by atoms with Gasteiger partial charge in [0.05, 0.1) is 30.6 Å². The molecule has 1 unspecified atom stereocenters. The van der Waals surface area contributed by atoms with E-state index < -0.39 is 0 Å². The van der Waals surface area contributed by atoms with Gasteiger partial charge in [0.2, 0.25) is 5.91 Å². The van der Waals surface area contributed by atoms with Crippen molar-refractivity contribution in [2.24, 2.45) is 0 Å². The average molecular weight is 507 g/mol. The smallest absolute Gasteiger partial charge is 0.325 e. The van der Waals surface area contributed by atoms with Crippen molar-refractivity contribution in [2.45, 2.75) is 18.9 Å². The number of ether oxygens (including phenoxy) is 1. The van der Waals surface area contributed by atoms with Crippen LogP contribution in [0, 0.1) is 5.82 Å². The van der Waals surface area contributed by atoms with Crippen molar-refractivity contribution in [1.29, 1.82) is 0 Å². The fraction of sp³-hybridized carbons (Fsp3) is 0.444. The molecule has 37 heavy (non-hydrogen) atoms. The monoisotopic (exact) mass is 506 g/mol. The Balaban J connectivity index is 1.16. The predicted octanol–water partition coefficient (Wildman–Crippen LogP) is 2.73. The highest BCUT2D eigenvalue weighted by Gasteiger charge is 2.36. The van der Waals surface area contributed by atoms with Crippen LogP contribution in [0.5, 0.6) is 0 Å². The number of carbonyl (C=O) groups is 2. The topological polar surface area (TPSA) is 74.2 Å². The Morgan fingerprint density at radius 3 is 2.65 bits per heavy atom. The normalized spacial score (nSPS) is 20.9. The summed E-state index contributed by atoms with van der Waals surface area (Å²) in [5.41, 5.74) is 1.78. The molecule has 1 aromatic heterocycles. The zero-order valence-electron chi connectivity index (χ0n) is 20.8. The number of nitrogens with zero attached hydrogens (tertiary/aromatic N) is 6. The van der Waals surface area contributed by atoms with Crippen LogP contribution >= 0.6 is 0 Å². The highest BCUT2D eigenvalue weighted by atomic mass is 19.1. The third-order valence-corrected chi connectivity index (χ3v) is 7.65. The molecule has 0 N–H and O–H groups in total. The summed E-state index contributed by atoms with van der Waals surface area (Å²) in [5.74, 6) is -0.356. The highest BCUT2D eigenvalue weighted by Crippen LogP contribution is 2.31. The summed E-state index contributed by atoms with van der Waals surface area (Å²) >= 11 is 0. The molecule has 3 aromatic rings. The number of morpholine rings is 1. The van der Waals surface area contributed by atoms with Crippen molar-refractivity contribution in [3.8, 4) is 5.69 Å². The van der Waals surface area contributed by atoms with Gasteiger partial charge in [0.25, 0.3) is 0 Å². The molecule has 0 saturated carbocycles. The number of anilines is 1. The van der Waals surface area contributed by atoms with E-state index >= 15 is 0 Å². The lowest BCUT2D eigenvalue weighted by molar-refractivity contribution is -0.133. The van der Waals surface area contributed by atoms with Gasteiger partial charge in [-0.2, -0.15) is 5.10 Å². The number of likely N-dealkylation sites (tertiary alicyclic amines) is 1. The van der Waals surface area contributed by atoms with Gasteiger partial charge >= 0.3 is 6.03 Å². The van der Waals surface area contributed by atoms with Crippen LogP contribution in [-0.4, -0.2) is 101 Å². The SMILES string of the molecule is O=C1N(CC(=O)N2CCCC2CN2CCOCC2)CCN1c1cccc2c1cnn2-c1ccccc1F. The predicted molar refractivity (Wildman–Crippen MR) is 137 cm³/mol. The third kappa shape index (κ3) is 4.55. The second-order valence-corrected chi connectivity index (χ2v) is 9.87. The molecule has 3 aliphatic rings. The number of para-hydroxylation sites is 1. The summed E-state index contributed by atoms with van der Waals surface area (Å²) in [6.45, 7) is 5.93. The van der Waals surface area contributed by atoms with Crippen LogP contribution in [0.1, 0.15) is 12.8 Å². The molecule has 1 atom stereocenters. The fourth-order valence-electron chi connectivity index (χ4n) is 5.73. The van der Waals surface area contributed by atoms with Gasteiger partial charge < -0.3 is 14.5 Å². The molecule has 2 aromatic carbocycles. The van der Waals surface area contributed by atoms with Crippen LogP contribution in [0.3, 0.4) is 0 Å². The Kier molecular flexibility index (Phi) is 6.52. The summed E-state index contributed by atoms with van der Waals surface area (Å²) < 4.78 is 21.4. The summed E-state index contributed by atoms with van der Waals surface area (Å²) in [6, 6.07) is 12.1. The lowest BCUT2D eigenvalue weighted by atomic mass is 10.2. The van der Waals surface area contributed by atoms with E-state index in [0.717, 1.165) is 57.6 Å². The maximum atomic E-state index is 14.4. The van der Waals surface area contributed by atoms with E-state index in [9.17, 15) is 14.0 Å². The third-order valence-electron chi connectivity index (χ3n) is 7.65. The Hall–Kier alpha value is -3.50. The molecule has 3 saturated heterocycles. The minimum absolute atomic E-state index is 0.0107. The molecule has 0 spiro atoms. The standard InChI is InChI=1S/C27H31FN6O3/c28-22-6-1-2-7-25(22)34-24-9-3-8-23(21(24)17-29-34)33-12-11-31(27(33)36)19-26(35)32-10-4-5-20(32)18-30-13-15-37-16-14-30/h1-3,6-9,17,20H,4-5,10-16,18-19H2. The first-order chi connectivity index (χ1) is 18.1. The van der Waals surface area contributed by atoms with Crippen molar-refractivity contribution >= 4 is 28.5 Å². The molecule has 3 amide bonds. The molecule has 3 aliphatic heterocycles. The number of hydrogen-bond acceptors (Lipinski definition) is 5. The quantitative estimate of drug-likeness (QED) is 0.514. The van der Waals surface area contributed by atoms with E-state index in [1.54, 1.807) is 38.9 Å². The molecule has 0 radical (unpaired) electrons. The first kappa shape index (κ1) is 23.9. The van der Waals surface area contributed by atoms with Crippen LogP contribution in [0.15, 0.2) is 48.7 Å². The molecule has 0 aliphatic carbocycles. The van der Waals surface area contributed by atoms with Gasteiger partial charge in [-0.3, -0.25) is 14.6 Å². The molecule has 10 heteroatoms. The Labute approximate surface area is 215 Å². The van der Waals surface area contributed by atoms with Crippen molar-refractivity contribution in [1.82, 2.24) is 24.5 Å². The Bertz CT molecular complexity index is 1310. The van der Waals surface area contributed by atoms with Gasteiger partial charge in [-0.15, -0.1) is 0 Å². The molecular weight excluding hydrogens is 475 g/mol. The Morgan fingerprint density at radius 2 is 1.81 bits per heavy atom. The number of rotatable bonds is 6. The lowest BCUT2D eigenvalue weighted by Crippen LogP contribution is -2.49. The van der Waals surface area contributed by atoms with Crippen molar-refractivity contribution < 1.29 is 18.7 Å². The minimum atomic E-state index is -0.367. The summed E-state index contributed by atoms with van der Waals surface area (Å²) in [5, 5.41) is 5.17. The van der Waals surface area contributed by atoms with E-state index in [2.05, 4.69) is 10.00 Å².